The molecule has 180 valence electrons. The molecule has 11 heteroatoms. The van der Waals surface area contributed by atoms with Gasteiger partial charge in [-0.1, -0.05) is 11.6 Å². The molecular formula is C22H28ClN3O6S. The van der Waals surface area contributed by atoms with E-state index in [0.29, 0.717) is 37.0 Å². The molecule has 2 aromatic carbocycles. The van der Waals surface area contributed by atoms with Crippen molar-refractivity contribution < 1.29 is 27.4 Å². The molecule has 0 unspecified atom stereocenters. The van der Waals surface area contributed by atoms with Crippen molar-refractivity contribution in [2.24, 2.45) is 0 Å². The lowest BCUT2D eigenvalue weighted by Crippen LogP contribution is -2.50. The maximum Gasteiger partial charge on any atom is 0.265 e. The third-order valence-corrected chi connectivity index (χ3v) is 7.48. The monoisotopic (exact) mass is 497 g/mol. The summed E-state index contributed by atoms with van der Waals surface area (Å²) in [5.41, 5.74) is 0.169. The van der Waals surface area contributed by atoms with Crippen LogP contribution < -0.4 is 18.5 Å². The van der Waals surface area contributed by atoms with Gasteiger partial charge in [0.25, 0.3) is 10.0 Å². The fraction of sp³-hybridized carbons (Fsp3) is 0.409. The van der Waals surface area contributed by atoms with Crippen molar-refractivity contribution in [1.82, 2.24) is 9.80 Å². The molecule has 0 spiro atoms. The minimum atomic E-state index is -4.20. The number of anilines is 1. The average Bonchev–Trinajstić information content (AvgIpc) is 2.82. The normalized spacial score (nSPS) is 14.6. The predicted octanol–water partition coefficient (Wildman–Crippen LogP) is 2.34. The number of amides is 1. The number of rotatable bonds is 8. The summed E-state index contributed by atoms with van der Waals surface area (Å²) < 4.78 is 44.5. The third-order valence-electron chi connectivity index (χ3n) is 5.49. The highest BCUT2D eigenvalue weighted by molar-refractivity contribution is 7.92. The lowest BCUT2D eigenvalue weighted by Gasteiger charge is -2.34. The molecule has 0 N–H and O–H groups in total. The Kier molecular flexibility index (Phi) is 7.93. The van der Waals surface area contributed by atoms with Gasteiger partial charge in [0.2, 0.25) is 5.91 Å². The van der Waals surface area contributed by atoms with Gasteiger partial charge in [-0.3, -0.25) is 9.10 Å². The van der Waals surface area contributed by atoms with Crippen molar-refractivity contribution in [3.63, 3.8) is 0 Å². The van der Waals surface area contributed by atoms with Gasteiger partial charge in [-0.05, 0) is 37.4 Å². The van der Waals surface area contributed by atoms with Crippen molar-refractivity contribution in [1.29, 1.82) is 0 Å². The van der Waals surface area contributed by atoms with Crippen molar-refractivity contribution in [3.8, 4) is 17.2 Å². The SMILES string of the molecule is COc1ccc(S(=O)(=O)N(CC(=O)N2CCN(C)CC2)c2cc(Cl)ccc2OC)cc1OC. The summed E-state index contributed by atoms with van der Waals surface area (Å²) in [6.45, 7) is 2.07. The quantitative estimate of drug-likeness (QED) is 0.553. The second kappa shape index (κ2) is 10.5. The van der Waals surface area contributed by atoms with E-state index in [4.69, 9.17) is 25.8 Å². The number of ether oxygens (including phenoxy) is 3. The third kappa shape index (κ3) is 5.45. The van der Waals surface area contributed by atoms with E-state index in [2.05, 4.69) is 4.90 Å². The van der Waals surface area contributed by atoms with Crippen LogP contribution in [0.3, 0.4) is 0 Å². The van der Waals surface area contributed by atoms with E-state index >= 15 is 0 Å². The van der Waals surface area contributed by atoms with Crippen molar-refractivity contribution in [3.05, 3.63) is 41.4 Å². The first-order valence-corrected chi connectivity index (χ1v) is 12.1. The molecule has 1 aliphatic heterocycles. The number of benzene rings is 2. The average molecular weight is 498 g/mol. The minimum Gasteiger partial charge on any atom is -0.495 e. The first-order valence-electron chi connectivity index (χ1n) is 10.3. The summed E-state index contributed by atoms with van der Waals surface area (Å²) in [5, 5.41) is 0.311. The van der Waals surface area contributed by atoms with Crippen LogP contribution in [0.25, 0.3) is 0 Å². The number of hydrogen-bond donors (Lipinski definition) is 0. The maximum absolute atomic E-state index is 13.8. The van der Waals surface area contributed by atoms with Gasteiger partial charge in [0.05, 0.1) is 31.9 Å². The maximum atomic E-state index is 13.8. The Morgan fingerprint density at radius 1 is 0.939 bits per heavy atom. The molecule has 33 heavy (non-hydrogen) atoms. The van der Waals surface area contributed by atoms with Gasteiger partial charge in [0, 0.05) is 37.3 Å². The van der Waals surface area contributed by atoms with Crippen LogP contribution in [0.2, 0.25) is 5.02 Å². The number of carbonyl (C=O) groups excluding carboxylic acids is 1. The van der Waals surface area contributed by atoms with Crippen LogP contribution in [-0.4, -0.2) is 85.2 Å². The molecule has 1 aliphatic rings. The van der Waals surface area contributed by atoms with Gasteiger partial charge in [0.1, 0.15) is 12.3 Å². The summed E-state index contributed by atoms with van der Waals surface area (Å²) in [6, 6.07) is 8.89. The van der Waals surface area contributed by atoms with Crippen LogP contribution in [0.15, 0.2) is 41.3 Å². The van der Waals surface area contributed by atoms with Crippen LogP contribution in [0, 0.1) is 0 Å². The molecule has 0 bridgehead atoms. The molecule has 0 aromatic heterocycles. The molecule has 0 saturated carbocycles. The van der Waals surface area contributed by atoms with Gasteiger partial charge in [-0.2, -0.15) is 0 Å². The Labute approximate surface area is 199 Å². The van der Waals surface area contributed by atoms with E-state index in [-0.39, 0.29) is 28.0 Å². The fourth-order valence-corrected chi connectivity index (χ4v) is 5.14. The number of hydrogen-bond acceptors (Lipinski definition) is 7. The van der Waals surface area contributed by atoms with Crippen LogP contribution in [0.1, 0.15) is 0 Å². The lowest BCUT2D eigenvalue weighted by atomic mass is 10.2. The topological polar surface area (TPSA) is 88.6 Å². The van der Waals surface area contributed by atoms with Gasteiger partial charge in [0.15, 0.2) is 11.5 Å². The molecule has 0 atom stereocenters. The largest absolute Gasteiger partial charge is 0.495 e. The van der Waals surface area contributed by atoms with E-state index in [9.17, 15) is 13.2 Å². The Balaban J connectivity index is 2.06. The van der Waals surface area contributed by atoms with E-state index < -0.39 is 16.6 Å². The minimum absolute atomic E-state index is 0.0617. The van der Waals surface area contributed by atoms with Gasteiger partial charge < -0.3 is 24.0 Å². The molecule has 1 fully saturated rings. The standard InChI is InChI=1S/C22H28ClN3O6S/c1-24-9-11-25(12-10-24)22(27)15-26(18-13-16(23)5-7-19(18)30-2)33(28,29)17-6-8-20(31-3)21(14-17)32-4/h5-8,13-14H,9-12,15H2,1-4H3. The van der Waals surface area contributed by atoms with E-state index in [1.165, 1.54) is 45.6 Å². The highest BCUT2D eigenvalue weighted by Crippen LogP contribution is 2.37. The zero-order valence-corrected chi connectivity index (χ0v) is 20.6. The van der Waals surface area contributed by atoms with Crippen LogP contribution in [0.4, 0.5) is 5.69 Å². The molecule has 3 rings (SSSR count). The molecule has 1 saturated heterocycles. The molecule has 9 nitrogen and oxygen atoms in total. The second-order valence-corrected chi connectivity index (χ2v) is 9.83. The molecule has 1 amide bonds. The van der Waals surface area contributed by atoms with Crippen LogP contribution in [0.5, 0.6) is 17.2 Å². The highest BCUT2D eigenvalue weighted by atomic mass is 35.5. The zero-order chi connectivity index (χ0) is 24.2. The molecular weight excluding hydrogens is 470 g/mol. The molecule has 0 aliphatic carbocycles. The van der Waals surface area contributed by atoms with Crippen molar-refractivity contribution >= 4 is 33.2 Å². The number of methoxy groups -OCH3 is 3. The number of likely N-dealkylation sites (N-methyl/N-ethyl adjacent to an activating group) is 1. The van der Waals surface area contributed by atoms with Gasteiger partial charge >= 0.3 is 0 Å². The van der Waals surface area contributed by atoms with Crippen molar-refractivity contribution in [2.75, 3.05) is 65.4 Å². The number of halogens is 1. The van der Waals surface area contributed by atoms with Crippen LogP contribution >= 0.6 is 11.6 Å². The van der Waals surface area contributed by atoms with Crippen molar-refractivity contribution in [2.45, 2.75) is 4.90 Å². The smallest absolute Gasteiger partial charge is 0.265 e. The zero-order valence-electron chi connectivity index (χ0n) is 19.1. The van der Waals surface area contributed by atoms with Crippen LogP contribution in [-0.2, 0) is 14.8 Å². The van der Waals surface area contributed by atoms with E-state index in [0.717, 1.165) is 4.31 Å². The Bertz CT molecular complexity index is 1100. The second-order valence-electron chi connectivity index (χ2n) is 7.53. The van der Waals surface area contributed by atoms with E-state index in [1.807, 2.05) is 7.05 Å². The summed E-state index contributed by atoms with van der Waals surface area (Å²) in [7, 11) is 2.08. The van der Waals surface area contributed by atoms with Gasteiger partial charge in [-0.15, -0.1) is 0 Å². The van der Waals surface area contributed by atoms with E-state index in [1.54, 1.807) is 17.0 Å². The number of carbonyl (C=O) groups is 1. The lowest BCUT2D eigenvalue weighted by molar-refractivity contribution is -0.131. The highest BCUT2D eigenvalue weighted by Gasteiger charge is 2.32. The Morgan fingerprint density at radius 3 is 2.15 bits per heavy atom. The summed E-state index contributed by atoms with van der Waals surface area (Å²) in [6.07, 6.45) is 0. The summed E-state index contributed by atoms with van der Waals surface area (Å²) in [5.74, 6) is 0.600. The number of piperazine rings is 1. The molecule has 0 radical (unpaired) electrons. The number of sulfonamides is 1. The first-order chi connectivity index (χ1) is 15.7. The van der Waals surface area contributed by atoms with Gasteiger partial charge in [-0.25, -0.2) is 8.42 Å². The Hall–Kier alpha value is -2.69. The first kappa shape index (κ1) is 24.9. The Morgan fingerprint density at radius 2 is 1.55 bits per heavy atom. The summed E-state index contributed by atoms with van der Waals surface area (Å²) >= 11 is 6.19. The summed E-state index contributed by atoms with van der Waals surface area (Å²) in [4.78, 5) is 16.9. The molecule has 1 heterocycles. The predicted molar refractivity (Wildman–Crippen MR) is 126 cm³/mol. The molecule has 2 aromatic rings. The fourth-order valence-electron chi connectivity index (χ4n) is 3.54. The number of nitrogens with zero attached hydrogens (tertiary/aromatic N) is 3.